The smallest absolute Gasteiger partial charge is 0.338 e. The van der Waals surface area contributed by atoms with Crippen molar-refractivity contribution >= 4 is 17.6 Å². The van der Waals surface area contributed by atoms with Gasteiger partial charge in [0.05, 0.1) is 5.56 Å². The van der Waals surface area contributed by atoms with Gasteiger partial charge < -0.3 is 15.4 Å². The minimum absolute atomic E-state index is 0.120. The van der Waals surface area contributed by atoms with Gasteiger partial charge in [-0.25, -0.2) is 4.79 Å². The maximum atomic E-state index is 12.0. The van der Waals surface area contributed by atoms with Gasteiger partial charge in [-0.1, -0.05) is 18.9 Å². The Balaban J connectivity index is 1.87. The molecular formula is C16H22N2O3. The van der Waals surface area contributed by atoms with Gasteiger partial charge in [0, 0.05) is 18.8 Å². The first-order valence-electron chi connectivity index (χ1n) is 7.39. The largest absolute Gasteiger partial charge is 0.452 e. The first kappa shape index (κ1) is 15.4. The van der Waals surface area contributed by atoms with Crippen molar-refractivity contribution in [3.8, 4) is 0 Å². The summed E-state index contributed by atoms with van der Waals surface area (Å²) in [4.78, 5) is 25.7. The minimum atomic E-state index is -0.509. The number of esters is 1. The Morgan fingerprint density at radius 1 is 1.19 bits per heavy atom. The van der Waals surface area contributed by atoms with Gasteiger partial charge in [0.25, 0.3) is 5.91 Å². The number of ether oxygens (including phenoxy) is 1. The number of likely N-dealkylation sites (tertiary alicyclic amines) is 1. The average molecular weight is 290 g/mol. The molecule has 5 nitrogen and oxygen atoms in total. The number of nitrogen functional groups attached to an aromatic ring is 1. The molecule has 1 heterocycles. The number of hydrogen-bond acceptors (Lipinski definition) is 4. The number of benzene rings is 1. The van der Waals surface area contributed by atoms with E-state index in [0.717, 1.165) is 44.3 Å². The molecule has 5 heteroatoms. The van der Waals surface area contributed by atoms with Crippen LogP contribution in [0.5, 0.6) is 0 Å². The van der Waals surface area contributed by atoms with Crippen LogP contribution >= 0.6 is 0 Å². The zero-order valence-electron chi connectivity index (χ0n) is 12.4. The predicted molar refractivity (Wildman–Crippen MR) is 80.9 cm³/mol. The number of nitrogens with two attached hydrogens (primary N) is 1. The second-order valence-electron chi connectivity index (χ2n) is 5.44. The Morgan fingerprint density at radius 3 is 2.48 bits per heavy atom. The van der Waals surface area contributed by atoms with E-state index in [1.807, 2.05) is 6.92 Å². The molecule has 0 saturated carbocycles. The lowest BCUT2D eigenvalue weighted by Crippen LogP contribution is -2.35. The molecule has 0 aliphatic carbocycles. The molecule has 0 radical (unpaired) electrons. The van der Waals surface area contributed by atoms with E-state index < -0.39 is 5.97 Å². The minimum Gasteiger partial charge on any atom is -0.452 e. The highest BCUT2D eigenvalue weighted by Crippen LogP contribution is 2.14. The molecule has 0 spiro atoms. The Kier molecular flexibility index (Phi) is 5.20. The van der Waals surface area contributed by atoms with E-state index in [9.17, 15) is 9.59 Å². The van der Waals surface area contributed by atoms with Gasteiger partial charge in [0.1, 0.15) is 0 Å². The van der Waals surface area contributed by atoms with Crippen molar-refractivity contribution in [3.63, 3.8) is 0 Å². The van der Waals surface area contributed by atoms with Crippen LogP contribution in [0.2, 0.25) is 0 Å². The fraction of sp³-hybridized carbons (Fsp3) is 0.500. The molecule has 2 rings (SSSR count). The summed E-state index contributed by atoms with van der Waals surface area (Å²) >= 11 is 0. The Hall–Kier alpha value is -2.04. The van der Waals surface area contributed by atoms with Crippen molar-refractivity contribution in [2.45, 2.75) is 32.6 Å². The number of anilines is 1. The van der Waals surface area contributed by atoms with Crippen LogP contribution in [0.3, 0.4) is 0 Å². The van der Waals surface area contributed by atoms with Gasteiger partial charge in [-0.15, -0.1) is 0 Å². The van der Waals surface area contributed by atoms with E-state index >= 15 is 0 Å². The third-order valence-corrected chi connectivity index (χ3v) is 3.80. The topological polar surface area (TPSA) is 72.6 Å². The summed E-state index contributed by atoms with van der Waals surface area (Å²) in [6.45, 7) is 3.18. The molecule has 114 valence electrons. The molecule has 1 aromatic carbocycles. The number of amides is 1. The molecule has 0 aromatic heterocycles. The summed E-state index contributed by atoms with van der Waals surface area (Å²) in [5, 5.41) is 0. The first-order valence-corrected chi connectivity index (χ1v) is 7.39. The van der Waals surface area contributed by atoms with E-state index in [0.29, 0.717) is 11.3 Å². The van der Waals surface area contributed by atoms with Gasteiger partial charge in [0.2, 0.25) is 0 Å². The highest BCUT2D eigenvalue weighted by Gasteiger charge is 2.17. The van der Waals surface area contributed by atoms with Gasteiger partial charge in [-0.2, -0.15) is 0 Å². The van der Waals surface area contributed by atoms with Crippen LogP contribution in [-0.2, 0) is 9.53 Å². The molecule has 0 atom stereocenters. The second kappa shape index (κ2) is 7.11. The van der Waals surface area contributed by atoms with E-state index in [2.05, 4.69) is 0 Å². The van der Waals surface area contributed by atoms with Crippen molar-refractivity contribution < 1.29 is 14.3 Å². The lowest BCUT2D eigenvalue weighted by molar-refractivity contribution is -0.134. The van der Waals surface area contributed by atoms with Crippen molar-refractivity contribution in [1.82, 2.24) is 4.90 Å². The van der Waals surface area contributed by atoms with Crippen LogP contribution in [0, 0.1) is 6.92 Å². The Bertz CT molecular complexity index is 520. The fourth-order valence-electron chi connectivity index (χ4n) is 2.39. The van der Waals surface area contributed by atoms with E-state index in [1.54, 1.807) is 23.1 Å². The maximum Gasteiger partial charge on any atom is 0.338 e. The SMILES string of the molecule is Cc1ccc(C(=O)OCC(=O)N2CCCCCC2)cc1N. The first-order chi connectivity index (χ1) is 10.1. The van der Waals surface area contributed by atoms with Gasteiger partial charge in [-0.3, -0.25) is 4.79 Å². The van der Waals surface area contributed by atoms with Crippen LogP contribution in [0.25, 0.3) is 0 Å². The highest BCUT2D eigenvalue weighted by molar-refractivity contribution is 5.92. The quantitative estimate of drug-likeness (QED) is 0.683. The molecule has 0 unspecified atom stereocenters. The normalized spacial score (nSPS) is 15.4. The lowest BCUT2D eigenvalue weighted by atomic mass is 10.1. The number of aryl methyl sites for hydroxylation is 1. The molecule has 1 aromatic rings. The van der Waals surface area contributed by atoms with Crippen molar-refractivity contribution in [1.29, 1.82) is 0 Å². The second-order valence-corrected chi connectivity index (χ2v) is 5.44. The molecular weight excluding hydrogens is 268 g/mol. The standard InChI is InChI=1S/C16H22N2O3/c1-12-6-7-13(10-14(12)17)16(20)21-11-15(19)18-8-4-2-3-5-9-18/h6-7,10H,2-5,8-9,11,17H2,1H3. The fourth-order valence-corrected chi connectivity index (χ4v) is 2.39. The third-order valence-electron chi connectivity index (χ3n) is 3.80. The van der Waals surface area contributed by atoms with Gasteiger partial charge in [0.15, 0.2) is 6.61 Å². The molecule has 1 aliphatic heterocycles. The number of nitrogens with zero attached hydrogens (tertiary/aromatic N) is 1. The van der Waals surface area contributed by atoms with Crippen LogP contribution in [0.4, 0.5) is 5.69 Å². The molecule has 1 aliphatic rings. The van der Waals surface area contributed by atoms with Gasteiger partial charge >= 0.3 is 5.97 Å². The van der Waals surface area contributed by atoms with Crippen molar-refractivity contribution in [2.75, 3.05) is 25.4 Å². The third kappa shape index (κ3) is 4.21. The van der Waals surface area contributed by atoms with Crippen LogP contribution in [0.1, 0.15) is 41.6 Å². The summed E-state index contributed by atoms with van der Waals surface area (Å²) in [6, 6.07) is 5.00. The van der Waals surface area contributed by atoms with Crippen LogP contribution in [0.15, 0.2) is 18.2 Å². The van der Waals surface area contributed by atoms with E-state index in [-0.39, 0.29) is 12.5 Å². The molecule has 1 saturated heterocycles. The molecule has 1 fully saturated rings. The Labute approximate surface area is 125 Å². The maximum absolute atomic E-state index is 12.0. The van der Waals surface area contributed by atoms with Crippen LogP contribution < -0.4 is 5.73 Å². The zero-order chi connectivity index (χ0) is 15.2. The van der Waals surface area contributed by atoms with Crippen molar-refractivity contribution in [2.24, 2.45) is 0 Å². The number of hydrogen-bond donors (Lipinski definition) is 1. The Morgan fingerprint density at radius 2 is 1.86 bits per heavy atom. The molecule has 1 amide bonds. The molecule has 0 bridgehead atoms. The summed E-state index contributed by atoms with van der Waals surface area (Å²) in [5.41, 5.74) is 7.60. The van der Waals surface area contributed by atoms with Gasteiger partial charge in [-0.05, 0) is 37.5 Å². The molecule has 21 heavy (non-hydrogen) atoms. The van der Waals surface area contributed by atoms with E-state index in [4.69, 9.17) is 10.5 Å². The zero-order valence-corrected chi connectivity index (χ0v) is 12.4. The lowest BCUT2D eigenvalue weighted by Gasteiger charge is -2.19. The predicted octanol–water partition coefficient (Wildman–Crippen LogP) is 2.14. The number of carbonyl (C=O) groups excluding carboxylic acids is 2. The monoisotopic (exact) mass is 290 g/mol. The summed E-state index contributed by atoms with van der Waals surface area (Å²) in [6.07, 6.45) is 4.36. The van der Waals surface area contributed by atoms with Crippen molar-refractivity contribution in [3.05, 3.63) is 29.3 Å². The summed E-state index contributed by atoms with van der Waals surface area (Å²) in [5.74, 6) is -0.629. The highest BCUT2D eigenvalue weighted by atomic mass is 16.5. The average Bonchev–Trinajstić information content (AvgIpc) is 2.76. The number of carbonyl (C=O) groups is 2. The summed E-state index contributed by atoms with van der Waals surface area (Å²) in [7, 11) is 0. The van der Waals surface area contributed by atoms with Crippen LogP contribution in [-0.4, -0.2) is 36.5 Å². The number of rotatable bonds is 3. The van der Waals surface area contributed by atoms with E-state index in [1.165, 1.54) is 0 Å². The molecule has 2 N–H and O–H groups in total. The summed E-state index contributed by atoms with van der Waals surface area (Å²) < 4.78 is 5.09.